The molecule has 1 saturated heterocycles. The van der Waals surface area contributed by atoms with Gasteiger partial charge in [0, 0.05) is 25.1 Å². The number of nitrogens with zero attached hydrogens (tertiary/aromatic N) is 1. The lowest BCUT2D eigenvalue weighted by atomic mass is 10.2. The molecule has 1 aliphatic heterocycles. The van der Waals surface area contributed by atoms with Gasteiger partial charge in [0.1, 0.15) is 5.76 Å². The first kappa shape index (κ1) is 11.1. The molecule has 2 rings (SSSR count). The first-order valence-electron chi connectivity index (χ1n) is 5.28. The maximum Gasteiger partial charge on any atom is 0.227 e. The third kappa shape index (κ3) is 3.04. The summed E-state index contributed by atoms with van der Waals surface area (Å²) in [5, 5.41) is 9.57. The van der Waals surface area contributed by atoms with Crippen LogP contribution in [0.15, 0.2) is 10.6 Å². The van der Waals surface area contributed by atoms with Crippen LogP contribution in [0.3, 0.4) is 0 Å². The SMILES string of the molecule is Cc1cc(NC(=O)CC2COCCN2)no1. The Morgan fingerprint density at radius 2 is 2.62 bits per heavy atom. The molecule has 1 aliphatic rings. The van der Waals surface area contributed by atoms with Gasteiger partial charge < -0.3 is 19.9 Å². The highest BCUT2D eigenvalue weighted by Gasteiger charge is 2.17. The van der Waals surface area contributed by atoms with Crippen LogP contribution < -0.4 is 10.6 Å². The van der Waals surface area contributed by atoms with Gasteiger partial charge in [-0.15, -0.1) is 0 Å². The highest BCUT2D eigenvalue weighted by molar-refractivity contribution is 5.90. The zero-order valence-electron chi connectivity index (χ0n) is 9.16. The lowest BCUT2D eigenvalue weighted by molar-refractivity contribution is -0.117. The van der Waals surface area contributed by atoms with Gasteiger partial charge in [0.25, 0.3) is 0 Å². The Hall–Kier alpha value is -1.40. The zero-order valence-corrected chi connectivity index (χ0v) is 9.16. The Morgan fingerprint density at radius 1 is 1.75 bits per heavy atom. The smallest absolute Gasteiger partial charge is 0.227 e. The number of hydrogen-bond donors (Lipinski definition) is 2. The van der Waals surface area contributed by atoms with Gasteiger partial charge in [0.15, 0.2) is 5.82 Å². The minimum absolute atomic E-state index is 0.0850. The summed E-state index contributed by atoms with van der Waals surface area (Å²) >= 11 is 0. The average molecular weight is 225 g/mol. The lowest BCUT2D eigenvalue weighted by Crippen LogP contribution is -2.43. The molecule has 1 atom stereocenters. The van der Waals surface area contributed by atoms with Crippen molar-refractivity contribution in [1.82, 2.24) is 10.5 Å². The van der Waals surface area contributed by atoms with E-state index in [-0.39, 0.29) is 11.9 Å². The van der Waals surface area contributed by atoms with Gasteiger partial charge in [0.2, 0.25) is 5.91 Å². The van der Waals surface area contributed by atoms with Gasteiger partial charge in [-0.1, -0.05) is 5.16 Å². The molecule has 1 aromatic rings. The quantitative estimate of drug-likeness (QED) is 0.773. The predicted molar refractivity (Wildman–Crippen MR) is 57.1 cm³/mol. The molecule has 0 saturated carbocycles. The molecule has 1 aromatic heterocycles. The summed E-state index contributed by atoms with van der Waals surface area (Å²) in [7, 11) is 0. The molecular formula is C10H15N3O3. The monoisotopic (exact) mass is 225 g/mol. The second-order valence-electron chi connectivity index (χ2n) is 3.80. The number of morpholine rings is 1. The number of hydrogen-bond acceptors (Lipinski definition) is 5. The van der Waals surface area contributed by atoms with E-state index in [0.717, 1.165) is 6.54 Å². The molecule has 2 N–H and O–H groups in total. The second kappa shape index (κ2) is 5.09. The molecule has 0 bridgehead atoms. The summed E-state index contributed by atoms with van der Waals surface area (Å²) in [5.41, 5.74) is 0. The van der Waals surface area contributed by atoms with E-state index in [1.807, 2.05) is 0 Å². The fourth-order valence-corrected chi connectivity index (χ4v) is 1.59. The third-order valence-corrected chi connectivity index (χ3v) is 2.33. The Kier molecular flexibility index (Phi) is 3.53. The molecule has 0 spiro atoms. The Morgan fingerprint density at radius 3 is 3.25 bits per heavy atom. The second-order valence-corrected chi connectivity index (χ2v) is 3.80. The van der Waals surface area contributed by atoms with E-state index in [1.165, 1.54) is 0 Å². The minimum Gasteiger partial charge on any atom is -0.378 e. The van der Waals surface area contributed by atoms with Gasteiger partial charge in [-0.2, -0.15) is 0 Å². The number of aromatic nitrogens is 1. The number of ether oxygens (including phenoxy) is 1. The van der Waals surface area contributed by atoms with Gasteiger partial charge in [-0.05, 0) is 6.92 Å². The highest BCUT2D eigenvalue weighted by Crippen LogP contribution is 2.08. The standard InChI is InChI=1S/C10H15N3O3/c1-7-4-9(13-16-7)12-10(14)5-8-6-15-3-2-11-8/h4,8,11H,2-3,5-6H2,1H3,(H,12,13,14). The van der Waals surface area contributed by atoms with Crippen molar-refractivity contribution >= 4 is 11.7 Å². The number of carbonyl (C=O) groups is 1. The number of carbonyl (C=O) groups excluding carboxylic acids is 1. The lowest BCUT2D eigenvalue weighted by Gasteiger charge is -2.22. The molecule has 6 nitrogen and oxygen atoms in total. The minimum atomic E-state index is -0.0868. The maximum atomic E-state index is 11.6. The van der Waals surface area contributed by atoms with Crippen molar-refractivity contribution in [3.8, 4) is 0 Å². The first-order chi connectivity index (χ1) is 7.74. The number of amides is 1. The summed E-state index contributed by atoms with van der Waals surface area (Å²) in [6, 6.07) is 1.77. The molecule has 16 heavy (non-hydrogen) atoms. The van der Waals surface area contributed by atoms with E-state index in [1.54, 1.807) is 13.0 Å². The Bertz CT molecular complexity index is 358. The molecule has 0 aliphatic carbocycles. The van der Waals surface area contributed by atoms with Crippen LogP contribution in [-0.4, -0.2) is 36.9 Å². The van der Waals surface area contributed by atoms with E-state index < -0.39 is 0 Å². The fraction of sp³-hybridized carbons (Fsp3) is 0.600. The topological polar surface area (TPSA) is 76.4 Å². The molecule has 6 heteroatoms. The van der Waals surface area contributed by atoms with E-state index in [0.29, 0.717) is 31.2 Å². The average Bonchev–Trinajstić information content (AvgIpc) is 2.65. The summed E-state index contributed by atoms with van der Waals surface area (Å²) in [5.74, 6) is 1.05. The van der Waals surface area contributed by atoms with Crippen molar-refractivity contribution in [3.05, 3.63) is 11.8 Å². The molecule has 88 valence electrons. The highest BCUT2D eigenvalue weighted by atomic mass is 16.5. The number of rotatable bonds is 3. The van der Waals surface area contributed by atoms with Crippen LogP contribution in [0.4, 0.5) is 5.82 Å². The van der Waals surface area contributed by atoms with Crippen molar-refractivity contribution < 1.29 is 14.1 Å². The molecule has 1 fully saturated rings. The maximum absolute atomic E-state index is 11.6. The molecule has 0 aromatic carbocycles. The number of aryl methyl sites for hydroxylation is 1. The van der Waals surface area contributed by atoms with Crippen molar-refractivity contribution in [2.24, 2.45) is 0 Å². The van der Waals surface area contributed by atoms with Crippen molar-refractivity contribution in [1.29, 1.82) is 0 Å². The van der Waals surface area contributed by atoms with Crippen LogP contribution in [0, 0.1) is 6.92 Å². The van der Waals surface area contributed by atoms with Crippen molar-refractivity contribution in [2.75, 3.05) is 25.1 Å². The van der Waals surface area contributed by atoms with Gasteiger partial charge >= 0.3 is 0 Å². The van der Waals surface area contributed by atoms with Gasteiger partial charge in [-0.3, -0.25) is 4.79 Å². The molecule has 2 heterocycles. The van der Waals surface area contributed by atoms with E-state index >= 15 is 0 Å². The zero-order chi connectivity index (χ0) is 11.4. The van der Waals surface area contributed by atoms with Gasteiger partial charge in [0.05, 0.1) is 13.2 Å². The molecule has 1 unspecified atom stereocenters. The third-order valence-electron chi connectivity index (χ3n) is 2.33. The summed E-state index contributed by atoms with van der Waals surface area (Å²) in [6.45, 7) is 3.85. The Balaban J connectivity index is 1.79. The van der Waals surface area contributed by atoms with Crippen LogP contribution >= 0.6 is 0 Å². The van der Waals surface area contributed by atoms with Crippen LogP contribution in [0.5, 0.6) is 0 Å². The summed E-state index contributed by atoms with van der Waals surface area (Å²) < 4.78 is 10.1. The summed E-state index contributed by atoms with van der Waals surface area (Å²) in [6.07, 6.45) is 0.381. The predicted octanol–water partition coefficient (Wildman–Crippen LogP) is 0.300. The van der Waals surface area contributed by atoms with Crippen LogP contribution in [-0.2, 0) is 9.53 Å². The van der Waals surface area contributed by atoms with Crippen molar-refractivity contribution in [3.63, 3.8) is 0 Å². The Labute approximate surface area is 93.3 Å². The van der Waals surface area contributed by atoms with Crippen LogP contribution in [0.1, 0.15) is 12.2 Å². The molecular weight excluding hydrogens is 210 g/mol. The number of anilines is 1. The van der Waals surface area contributed by atoms with E-state index in [9.17, 15) is 4.79 Å². The molecule has 0 radical (unpaired) electrons. The van der Waals surface area contributed by atoms with Crippen LogP contribution in [0.2, 0.25) is 0 Å². The van der Waals surface area contributed by atoms with Crippen LogP contribution in [0.25, 0.3) is 0 Å². The van der Waals surface area contributed by atoms with E-state index in [4.69, 9.17) is 9.26 Å². The fourth-order valence-electron chi connectivity index (χ4n) is 1.59. The number of nitrogens with one attached hydrogen (secondary N) is 2. The normalized spacial score (nSPS) is 20.7. The largest absolute Gasteiger partial charge is 0.378 e. The first-order valence-corrected chi connectivity index (χ1v) is 5.28. The van der Waals surface area contributed by atoms with Gasteiger partial charge in [-0.25, -0.2) is 0 Å². The summed E-state index contributed by atoms with van der Waals surface area (Å²) in [4.78, 5) is 11.6. The van der Waals surface area contributed by atoms with E-state index in [2.05, 4.69) is 15.8 Å². The molecule has 1 amide bonds. The van der Waals surface area contributed by atoms with Crippen molar-refractivity contribution in [2.45, 2.75) is 19.4 Å².